The van der Waals surface area contributed by atoms with Crippen molar-refractivity contribution in [3.8, 4) is 17.2 Å². The van der Waals surface area contributed by atoms with Crippen LogP contribution in [-0.4, -0.2) is 22.3 Å². The molecule has 0 aliphatic rings. The molecule has 7 nitrogen and oxygen atoms in total. The molecule has 3 aromatic carbocycles. The SMILES string of the molecule is O=C(Nc1cc(Cl)ccc1Oc1ccccc1)c1ccc(=O)n(CCOc2ccccc2)n1. The average molecular weight is 462 g/mol. The van der Waals surface area contributed by atoms with Crippen molar-refractivity contribution in [2.24, 2.45) is 0 Å². The first-order valence-corrected chi connectivity index (χ1v) is 10.6. The molecule has 0 radical (unpaired) electrons. The van der Waals surface area contributed by atoms with Crippen LogP contribution >= 0.6 is 11.6 Å². The summed E-state index contributed by atoms with van der Waals surface area (Å²) in [7, 11) is 0. The second kappa shape index (κ2) is 10.5. The van der Waals surface area contributed by atoms with Gasteiger partial charge < -0.3 is 14.8 Å². The lowest BCUT2D eigenvalue weighted by Gasteiger charge is -2.13. The first-order valence-electron chi connectivity index (χ1n) is 10.2. The van der Waals surface area contributed by atoms with Crippen LogP contribution < -0.4 is 20.3 Å². The first-order chi connectivity index (χ1) is 16.1. The monoisotopic (exact) mass is 461 g/mol. The minimum atomic E-state index is -0.507. The second-order valence-electron chi connectivity index (χ2n) is 6.95. The number of aromatic nitrogens is 2. The second-order valence-corrected chi connectivity index (χ2v) is 7.39. The Labute approximate surface area is 195 Å². The molecule has 1 N–H and O–H groups in total. The standard InChI is InChI=1S/C25H20ClN3O4/c26-18-11-13-23(33-20-9-5-2-6-10-20)22(17-18)27-25(31)21-12-14-24(30)29(28-21)15-16-32-19-7-3-1-4-8-19/h1-14,17H,15-16H2,(H,27,31). The number of hydrogen-bond donors (Lipinski definition) is 1. The molecule has 0 spiro atoms. The van der Waals surface area contributed by atoms with E-state index in [1.807, 2.05) is 48.5 Å². The van der Waals surface area contributed by atoms with Gasteiger partial charge in [0.15, 0.2) is 5.75 Å². The highest BCUT2D eigenvalue weighted by molar-refractivity contribution is 6.31. The minimum absolute atomic E-state index is 0.0694. The zero-order chi connectivity index (χ0) is 23.0. The van der Waals surface area contributed by atoms with Crippen LogP contribution in [0.15, 0.2) is 95.8 Å². The van der Waals surface area contributed by atoms with Crippen LogP contribution in [0.4, 0.5) is 5.69 Å². The number of rotatable bonds is 8. The maximum absolute atomic E-state index is 12.9. The number of hydrogen-bond acceptors (Lipinski definition) is 5. The third-order valence-electron chi connectivity index (χ3n) is 4.58. The van der Waals surface area contributed by atoms with E-state index in [9.17, 15) is 9.59 Å². The van der Waals surface area contributed by atoms with Gasteiger partial charge in [0.1, 0.15) is 23.8 Å². The summed E-state index contributed by atoms with van der Waals surface area (Å²) in [6, 6.07) is 26.0. The zero-order valence-corrected chi connectivity index (χ0v) is 18.2. The molecule has 0 aliphatic heterocycles. The molecular formula is C25H20ClN3O4. The van der Waals surface area contributed by atoms with Crippen LogP contribution in [-0.2, 0) is 6.54 Å². The highest BCUT2D eigenvalue weighted by Crippen LogP contribution is 2.32. The van der Waals surface area contributed by atoms with Gasteiger partial charge in [-0.15, -0.1) is 0 Å². The first kappa shape index (κ1) is 22.1. The van der Waals surface area contributed by atoms with Crippen LogP contribution in [0, 0.1) is 0 Å². The molecule has 0 saturated heterocycles. The predicted molar refractivity (Wildman–Crippen MR) is 126 cm³/mol. The van der Waals surface area contributed by atoms with Crippen molar-refractivity contribution < 1.29 is 14.3 Å². The molecule has 0 aliphatic carbocycles. The smallest absolute Gasteiger partial charge is 0.276 e. The van der Waals surface area contributed by atoms with Gasteiger partial charge >= 0.3 is 0 Å². The fourth-order valence-electron chi connectivity index (χ4n) is 2.99. The molecule has 8 heteroatoms. The van der Waals surface area contributed by atoms with Crippen molar-refractivity contribution in [2.45, 2.75) is 6.54 Å². The molecule has 0 bridgehead atoms. The van der Waals surface area contributed by atoms with Crippen LogP contribution in [0.2, 0.25) is 5.02 Å². The fourth-order valence-corrected chi connectivity index (χ4v) is 3.16. The molecule has 4 rings (SSSR count). The Morgan fingerprint density at radius 2 is 1.61 bits per heavy atom. The number of carbonyl (C=O) groups excluding carboxylic acids is 1. The van der Waals surface area contributed by atoms with E-state index in [2.05, 4.69) is 10.4 Å². The van der Waals surface area contributed by atoms with Crippen molar-refractivity contribution in [1.29, 1.82) is 0 Å². The Morgan fingerprint density at radius 3 is 2.33 bits per heavy atom. The molecule has 0 fully saturated rings. The predicted octanol–water partition coefficient (Wildman–Crippen LogP) is 5.02. The van der Waals surface area contributed by atoms with Crippen LogP contribution in [0.1, 0.15) is 10.5 Å². The van der Waals surface area contributed by atoms with E-state index in [-0.39, 0.29) is 24.4 Å². The van der Waals surface area contributed by atoms with E-state index in [1.165, 1.54) is 16.8 Å². The molecule has 166 valence electrons. The molecule has 0 atom stereocenters. The molecule has 0 unspecified atom stereocenters. The maximum atomic E-state index is 12.9. The van der Waals surface area contributed by atoms with Gasteiger partial charge in [0.05, 0.1) is 12.2 Å². The number of nitrogens with one attached hydrogen (secondary N) is 1. The number of para-hydroxylation sites is 2. The number of amides is 1. The van der Waals surface area contributed by atoms with Gasteiger partial charge in [-0.25, -0.2) is 4.68 Å². The molecule has 4 aromatic rings. The minimum Gasteiger partial charge on any atom is -0.492 e. The summed E-state index contributed by atoms with van der Waals surface area (Å²) >= 11 is 6.12. The van der Waals surface area contributed by atoms with Gasteiger partial charge in [0, 0.05) is 11.1 Å². The van der Waals surface area contributed by atoms with Gasteiger partial charge in [-0.1, -0.05) is 48.0 Å². The molecule has 33 heavy (non-hydrogen) atoms. The maximum Gasteiger partial charge on any atom is 0.276 e. The summed E-state index contributed by atoms with van der Waals surface area (Å²) in [4.78, 5) is 25.0. The van der Waals surface area contributed by atoms with Gasteiger partial charge in [-0.2, -0.15) is 5.10 Å². The highest BCUT2D eigenvalue weighted by atomic mass is 35.5. The number of anilines is 1. The Balaban J connectivity index is 1.48. The molecule has 1 aromatic heterocycles. The van der Waals surface area contributed by atoms with E-state index < -0.39 is 5.91 Å². The zero-order valence-electron chi connectivity index (χ0n) is 17.5. The Bertz CT molecular complexity index is 1290. The number of benzene rings is 3. The summed E-state index contributed by atoms with van der Waals surface area (Å²) in [6.07, 6.45) is 0. The van der Waals surface area contributed by atoms with Gasteiger partial charge in [0.2, 0.25) is 0 Å². The number of halogens is 1. The van der Waals surface area contributed by atoms with Crippen molar-refractivity contribution in [1.82, 2.24) is 9.78 Å². The quantitative estimate of drug-likeness (QED) is 0.398. The van der Waals surface area contributed by atoms with E-state index in [4.69, 9.17) is 21.1 Å². The van der Waals surface area contributed by atoms with Gasteiger partial charge in [-0.05, 0) is 48.5 Å². The lowest BCUT2D eigenvalue weighted by Crippen LogP contribution is -2.28. The summed E-state index contributed by atoms with van der Waals surface area (Å²) in [5, 5.41) is 7.37. The Kier molecular flexibility index (Phi) is 7.02. The molecule has 0 saturated carbocycles. The molecule has 1 heterocycles. The Hall–Kier alpha value is -4.10. The number of nitrogens with zero attached hydrogens (tertiary/aromatic N) is 2. The van der Waals surface area contributed by atoms with Crippen molar-refractivity contribution >= 4 is 23.2 Å². The van der Waals surface area contributed by atoms with Crippen molar-refractivity contribution in [3.05, 3.63) is 112 Å². The topological polar surface area (TPSA) is 82.5 Å². The van der Waals surface area contributed by atoms with Gasteiger partial charge in [0.25, 0.3) is 11.5 Å². The Morgan fingerprint density at radius 1 is 0.909 bits per heavy atom. The van der Waals surface area contributed by atoms with Gasteiger partial charge in [-0.3, -0.25) is 9.59 Å². The third kappa shape index (κ3) is 5.99. The van der Waals surface area contributed by atoms with Crippen LogP contribution in [0.3, 0.4) is 0 Å². The fraction of sp³-hybridized carbons (Fsp3) is 0.0800. The molecule has 1 amide bonds. The normalized spacial score (nSPS) is 10.5. The summed E-state index contributed by atoms with van der Waals surface area (Å²) < 4.78 is 12.7. The van der Waals surface area contributed by atoms with Crippen molar-refractivity contribution in [3.63, 3.8) is 0 Å². The number of ether oxygens (including phenoxy) is 2. The van der Waals surface area contributed by atoms with E-state index in [1.54, 1.807) is 30.3 Å². The van der Waals surface area contributed by atoms with E-state index in [0.29, 0.717) is 28.0 Å². The number of carbonyl (C=O) groups is 1. The van der Waals surface area contributed by atoms with E-state index >= 15 is 0 Å². The summed E-state index contributed by atoms with van der Waals surface area (Å²) in [6.45, 7) is 0.416. The average Bonchev–Trinajstić information content (AvgIpc) is 2.83. The highest BCUT2D eigenvalue weighted by Gasteiger charge is 2.14. The lowest BCUT2D eigenvalue weighted by atomic mass is 10.2. The largest absolute Gasteiger partial charge is 0.492 e. The van der Waals surface area contributed by atoms with Crippen LogP contribution in [0.5, 0.6) is 17.2 Å². The van der Waals surface area contributed by atoms with E-state index in [0.717, 1.165) is 0 Å². The lowest BCUT2D eigenvalue weighted by molar-refractivity contribution is 0.101. The summed E-state index contributed by atoms with van der Waals surface area (Å²) in [5.41, 5.74) is 0.113. The van der Waals surface area contributed by atoms with Crippen molar-refractivity contribution in [2.75, 3.05) is 11.9 Å². The molecular weight excluding hydrogens is 442 g/mol. The summed E-state index contributed by atoms with van der Waals surface area (Å²) in [5.74, 6) is 1.21. The van der Waals surface area contributed by atoms with Crippen LogP contribution in [0.25, 0.3) is 0 Å². The third-order valence-corrected chi connectivity index (χ3v) is 4.81.